The van der Waals surface area contributed by atoms with E-state index in [0.29, 0.717) is 25.1 Å². The number of nitrogens with zero attached hydrogens (tertiary/aromatic N) is 3. The molecular weight excluding hydrogens is 352 g/mol. The van der Waals surface area contributed by atoms with Gasteiger partial charge in [0, 0.05) is 32.0 Å². The van der Waals surface area contributed by atoms with Gasteiger partial charge in [0.2, 0.25) is 5.88 Å². The summed E-state index contributed by atoms with van der Waals surface area (Å²) in [5, 5.41) is 3.18. The SMILES string of the molecule is CCOc1ccc(-c2nc3c(C)cn([C@H](CC)COC)c3cc2C)c(NC)n1. The van der Waals surface area contributed by atoms with Gasteiger partial charge in [-0.1, -0.05) is 6.92 Å². The number of rotatable bonds is 8. The standard InChI is InChI=1S/C22H30N4O2/c1-7-16(13-27-6)26-12-15(4)21-18(26)11-14(3)20(25-21)17-9-10-19(28-8-2)24-22(17)23-5/h9-12,16H,7-8,13H2,1-6H3,(H,23,24)/t16-/m1/s1. The third-order valence-electron chi connectivity index (χ3n) is 5.05. The van der Waals surface area contributed by atoms with Gasteiger partial charge in [-0.3, -0.25) is 0 Å². The fourth-order valence-electron chi connectivity index (χ4n) is 3.64. The van der Waals surface area contributed by atoms with Gasteiger partial charge in [0.15, 0.2) is 0 Å². The lowest BCUT2D eigenvalue weighted by Gasteiger charge is -2.18. The molecule has 28 heavy (non-hydrogen) atoms. The normalized spacial score (nSPS) is 12.4. The molecule has 6 heteroatoms. The molecule has 0 spiro atoms. The van der Waals surface area contributed by atoms with Crippen LogP contribution in [0, 0.1) is 13.8 Å². The van der Waals surface area contributed by atoms with Crippen LogP contribution < -0.4 is 10.1 Å². The van der Waals surface area contributed by atoms with E-state index >= 15 is 0 Å². The molecule has 3 aromatic rings. The van der Waals surface area contributed by atoms with Crippen molar-refractivity contribution in [1.82, 2.24) is 14.5 Å². The molecule has 0 aliphatic carbocycles. The lowest BCUT2D eigenvalue weighted by Crippen LogP contribution is -2.13. The van der Waals surface area contributed by atoms with Crippen LogP contribution in [-0.2, 0) is 4.74 Å². The first-order valence-corrected chi connectivity index (χ1v) is 9.83. The largest absolute Gasteiger partial charge is 0.478 e. The summed E-state index contributed by atoms with van der Waals surface area (Å²) in [6.07, 6.45) is 3.19. The molecule has 0 aliphatic heterocycles. The molecule has 0 amide bonds. The molecule has 1 N–H and O–H groups in total. The Balaban J connectivity index is 2.14. The Bertz CT molecular complexity index is 965. The predicted octanol–water partition coefficient (Wildman–Crippen LogP) is 4.75. The molecule has 3 rings (SSSR count). The molecule has 0 radical (unpaired) electrons. The van der Waals surface area contributed by atoms with Crippen LogP contribution in [0.5, 0.6) is 5.88 Å². The van der Waals surface area contributed by atoms with Crippen molar-refractivity contribution in [2.45, 2.75) is 40.2 Å². The Morgan fingerprint density at radius 2 is 1.93 bits per heavy atom. The number of hydrogen-bond donors (Lipinski definition) is 1. The highest BCUT2D eigenvalue weighted by molar-refractivity contribution is 5.86. The Hall–Kier alpha value is -2.60. The summed E-state index contributed by atoms with van der Waals surface area (Å²) in [5.41, 5.74) is 6.35. The molecule has 3 heterocycles. The molecule has 0 saturated carbocycles. The lowest BCUT2D eigenvalue weighted by molar-refractivity contribution is 0.155. The molecule has 6 nitrogen and oxygen atoms in total. The number of aryl methyl sites for hydroxylation is 2. The maximum absolute atomic E-state index is 5.54. The van der Waals surface area contributed by atoms with Crippen LogP contribution >= 0.6 is 0 Å². The maximum atomic E-state index is 5.54. The summed E-state index contributed by atoms with van der Waals surface area (Å²) >= 11 is 0. The molecule has 0 unspecified atom stereocenters. The number of pyridine rings is 2. The third-order valence-corrected chi connectivity index (χ3v) is 5.05. The van der Waals surface area contributed by atoms with E-state index in [9.17, 15) is 0 Å². The van der Waals surface area contributed by atoms with E-state index in [1.807, 2.05) is 26.1 Å². The second kappa shape index (κ2) is 8.61. The summed E-state index contributed by atoms with van der Waals surface area (Å²) in [6.45, 7) is 9.62. The van der Waals surface area contributed by atoms with Crippen LogP contribution in [-0.4, -0.2) is 41.9 Å². The van der Waals surface area contributed by atoms with E-state index in [4.69, 9.17) is 14.5 Å². The van der Waals surface area contributed by atoms with Crippen LogP contribution in [0.15, 0.2) is 24.4 Å². The van der Waals surface area contributed by atoms with Crippen LogP contribution in [0.4, 0.5) is 5.82 Å². The minimum atomic E-state index is 0.299. The predicted molar refractivity (Wildman–Crippen MR) is 114 cm³/mol. The molecule has 0 saturated heterocycles. The van der Waals surface area contributed by atoms with Gasteiger partial charge in [-0.15, -0.1) is 0 Å². The molecular formula is C22H30N4O2. The third kappa shape index (κ3) is 3.69. The first-order chi connectivity index (χ1) is 13.5. The van der Waals surface area contributed by atoms with Gasteiger partial charge in [-0.25, -0.2) is 4.98 Å². The van der Waals surface area contributed by atoms with Crippen molar-refractivity contribution in [2.75, 3.05) is 32.7 Å². The monoisotopic (exact) mass is 382 g/mol. The fraction of sp³-hybridized carbons (Fsp3) is 0.455. The van der Waals surface area contributed by atoms with Gasteiger partial charge < -0.3 is 19.4 Å². The zero-order chi connectivity index (χ0) is 20.3. The Morgan fingerprint density at radius 3 is 2.57 bits per heavy atom. The number of aromatic nitrogens is 3. The summed E-state index contributed by atoms with van der Waals surface area (Å²) in [6, 6.07) is 6.44. The molecule has 0 aliphatic rings. The Morgan fingerprint density at radius 1 is 1.14 bits per heavy atom. The van der Waals surface area contributed by atoms with Gasteiger partial charge >= 0.3 is 0 Å². The Kier molecular flexibility index (Phi) is 6.19. The number of methoxy groups -OCH3 is 1. The van der Waals surface area contributed by atoms with Crippen LogP contribution in [0.2, 0.25) is 0 Å². The average molecular weight is 383 g/mol. The highest BCUT2D eigenvalue weighted by atomic mass is 16.5. The minimum Gasteiger partial charge on any atom is -0.478 e. The zero-order valence-corrected chi connectivity index (χ0v) is 17.7. The van der Waals surface area contributed by atoms with Crippen LogP contribution in [0.25, 0.3) is 22.3 Å². The van der Waals surface area contributed by atoms with Crippen molar-refractivity contribution in [1.29, 1.82) is 0 Å². The van der Waals surface area contributed by atoms with Crippen LogP contribution in [0.3, 0.4) is 0 Å². The minimum absolute atomic E-state index is 0.299. The van der Waals surface area contributed by atoms with Gasteiger partial charge in [-0.2, -0.15) is 4.98 Å². The lowest BCUT2D eigenvalue weighted by atomic mass is 10.1. The van der Waals surface area contributed by atoms with E-state index in [2.05, 4.69) is 47.9 Å². The summed E-state index contributed by atoms with van der Waals surface area (Å²) in [5.74, 6) is 1.38. The number of anilines is 1. The van der Waals surface area contributed by atoms with Gasteiger partial charge in [0.25, 0.3) is 0 Å². The average Bonchev–Trinajstić information content (AvgIpc) is 3.01. The first kappa shape index (κ1) is 20.1. The fourth-order valence-corrected chi connectivity index (χ4v) is 3.64. The highest BCUT2D eigenvalue weighted by Crippen LogP contribution is 2.33. The molecule has 0 fully saturated rings. The molecule has 0 bridgehead atoms. The number of nitrogens with one attached hydrogen (secondary N) is 1. The molecule has 3 aromatic heterocycles. The van der Waals surface area contributed by atoms with E-state index in [0.717, 1.165) is 45.7 Å². The van der Waals surface area contributed by atoms with Crippen molar-refractivity contribution in [3.63, 3.8) is 0 Å². The second-order valence-corrected chi connectivity index (χ2v) is 6.99. The second-order valence-electron chi connectivity index (χ2n) is 6.99. The van der Waals surface area contributed by atoms with Crippen molar-refractivity contribution in [3.05, 3.63) is 35.5 Å². The molecule has 0 aromatic carbocycles. The zero-order valence-electron chi connectivity index (χ0n) is 17.7. The first-order valence-electron chi connectivity index (χ1n) is 9.83. The van der Waals surface area contributed by atoms with E-state index in [-0.39, 0.29) is 0 Å². The number of hydrogen-bond acceptors (Lipinski definition) is 5. The molecule has 150 valence electrons. The van der Waals surface area contributed by atoms with Crippen molar-refractivity contribution < 1.29 is 9.47 Å². The van der Waals surface area contributed by atoms with Gasteiger partial charge in [0.1, 0.15) is 5.82 Å². The summed E-state index contributed by atoms with van der Waals surface area (Å²) in [4.78, 5) is 9.62. The van der Waals surface area contributed by atoms with Gasteiger partial charge in [-0.05, 0) is 50.5 Å². The van der Waals surface area contributed by atoms with Crippen molar-refractivity contribution in [3.8, 4) is 17.1 Å². The van der Waals surface area contributed by atoms with Crippen molar-refractivity contribution >= 4 is 16.9 Å². The highest BCUT2D eigenvalue weighted by Gasteiger charge is 2.18. The van der Waals surface area contributed by atoms with E-state index in [1.54, 1.807) is 7.11 Å². The number of fused-ring (bicyclic) bond motifs is 1. The van der Waals surface area contributed by atoms with Crippen molar-refractivity contribution in [2.24, 2.45) is 0 Å². The maximum Gasteiger partial charge on any atom is 0.215 e. The smallest absolute Gasteiger partial charge is 0.215 e. The van der Waals surface area contributed by atoms with Crippen LogP contribution in [0.1, 0.15) is 37.4 Å². The summed E-state index contributed by atoms with van der Waals surface area (Å²) < 4.78 is 13.3. The topological polar surface area (TPSA) is 61.2 Å². The quantitative estimate of drug-likeness (QED) is 0.609. The van der Waals surface area contributed by atoms with E-state index < -0.39 is 0 Å². The summed E-state index contributed by atoms with van der Waals surface area (Å²) in [7, 11) is 3.62. The van der Waals surface area contributed by atoms with Gasteiger partial charge in [0.05, 0.1) is 36.0 Å². The number of ether oxygens (including phenoxy) is 2. The Labute approximate surface area is 166 Å². The molecule has 1 atom stereocenters. The van der Waals surface area contributed by atoms with E-state index in [1.165, 1.54) is 0 Å².